The fraction of sp³-hybridized carbons (Fsp3) is 0.688. The summed E-state index contributed by atoms with van der Waals surface area (Å²) in [6, 6.07) is 1.53. The van der Waals surface area contributed by atoms with Crippen molar-refractivity contribution in [2.24, 2.45) is 5.92 Å². The second kappa shape index (κ2) is 8.94. The number of carbonyl (C=O) groups is 1. The molecule has 1 aliphatic heterocycles. The van der Waals surface area contributed by atoms with Crippen LogP contribution < -0.4 is 5.32 Å². The van der Waals surface area contributed by atoms with Crippen LogP contribution in [0.5, 0.6) is 0 Å². The molecule has 24 heavy (non-hydrogen) atoms. The predicted octanol–water partition coefficient (Wildman–Crippen LogP) is 2.33. The molecular weight excluding hydrogens is 348 g/mol. The van der Waals surface area contributed by atoms with Crippen molar-refractivity contribution in [1.82, 2.24) is 9.62 Å². The third-order valence-electron chi connectivity index (χ3n) is 3.72. The van der Waals surface area contributed by atoms with Crippen LogP contribution in [0, 0.1) is 5.92 Å². The van der Waals surface area contributed by atoms with E-state index in [-0.39, 0.29) is 15.7 Å². The normalized spacial score (nSPS) is 16.0. The van der Waals surface area contributed by atoms with E-state index in [1.165, 1.54) is 21.7 Å². The van der Waals surface area contributed by atoms with Gasteiger partial charge in [-0.05, 0) is 36.6 Å². The van der Waals surface area contributed by atoms with E-state index in [2.05, 4.69) is 19.2 Å². The van der Waals surface area contributed by atoms with Gasteiger partial charge in [-0.25, -0.2) is 8.42 Å². The Bertz CT molecular complexity index is 634. The zero-order valence-corrected chi connectivity index (χ0v) is 15.9. The molecule has 1 amide bonds. The van der Waals surface area contributed by atoms with Crippen molar-refractivity contribution >= 4 is 27.3 Å². The molecule has 1 N–H and O–H groups in total. The standard InChI is InChI=1S/C16H26N2O4S2/c1-13(2)12-22-10-5-7-17-16(19)15-14(6-11-23-15)24(20,21)18-8-3-4-9-18/h6,11,13H,3-5,7-10,12H2,1-2H3,(H,17,19). The summed E-state index contributed by atoms with van der Waals surface area (Å²) in [5.74, 6) is 0.163. The molecule has 1 aliphatic rings. The first-order chi connectivity index (χ1) is 11.4. The molecule has 1 fully saturated rings. The predicted molar refractivity (Wildman–Crippen MR) is 94.9 cm³/mol. The summed E-state index contributed by atoms with van der Waals surface area (Å²) in [4.78, 5) is 12.7. The molecule has 8 heteroatoms. The second-order valence-electron chi connectivity index (χ2n) is 6.30. The Morgan fingerprint density at radius 1 is 1.38 bits per heavy atom. The minimum atomic E-state index is -3.56. The Morgan fingerprint density at radius 2 is 2.08 bits per heavy atom. The number of amides is 1. The minimum absolute atomic E-state index is 0.128. The van der Waals surface area contributed by atoms with Gasteiger partial charge < -0.3 is 10.1 Å². The molecule has 0 saturated carbocycles. The first-order valence-electron chi connectivity index (χ1n) is 8.36. The van der Waals surface area contributed by atoms with Gasteiger partial charge in [-0.2, -0.15) is 4.31 Å². The molecule has 1 aromatic rings. The van der Waals surface area contributed by atoms with E-state index in [0.29, 0.717) is 45.2 Å². The Balaban J connectivity index is 1.88. The number of rotatable bonds is 9. The third-order valence-corrected chi connectivity index (χ3v) is 6.70. The lowest BCUT2D eigenvalue weighted by Gasteiger charge is -2.15. The lowest BCUT2D eigenvalue weighted by molar-refractivity contribution is 0.0926. The SMILES string of the molecule is CC(C)COCCCNC(=O)c1sccc1S(=O)(=O)N1CCCC1. The molecule has 0 bridgehead atoms. The lowest BCUT2D eigenvalue weighted by atomic mass is 10.2. The Morgan fingerprint density at radius 3 is 2.75 bits per heavy atom. The van der Waals surface area contributed by atoms with Gasteiger partial charge >= 0.3 is 0 Å². The highest BCUT2D eigenvalue weighted by Crippen LogP contribution is 2.27. The fourth-order valence-electron chi connectivity index (χ4n) is 2.51. The first kappa shape index (κ1) is 19.4. The van der Waals surface area contributed by atoms with Crippen LogP contribution in [0.1, 0.15) is 42.8 Å². The number of hydrogen-bond acceptors (Lipinski definition) is 5. The van der Waals surface area contributed by atoms with Gasteiger partial charge in [0.1, 0.15) is 9.77 Å². The molecule has 0 atom stereocenters. The number of carbonyl (C=O) groups excluding carboxylic acids is 1. The molecule has 6 nitrogen and oxygen atoms in total. The van der Waals surface area contributed by atoms with E-state index in [9.17, 15) is 13.2 Å². The highest BCUT2D eigenvalue weighted by Gasteiger charge is 2.31. The minimum Gasteiger partial charge on any atom is -0.381 e. The molecule has 0 spiro atoms. The van der Waals surface area contributed by atoms with Gasteiger partial charge in [-0.15, -0.1) is 11.3 Å². The monoisotopic (exact) mass is 374 g/mol. The third kappa shape index (κ3) is 5.02. The van der Waals surface area contributed by atoms with Gasteiger partial charge in [0.25, 0.3) is 5.91 Å². The van der Waals surface area contributed by atoms with Crippen molar-refractivity contribution in [3.63, 3.8) is 0 Å². The van der Waals surface area contributed by atoms with Crippen LogP contribution in [0.3, 0.4) is 0 Å². The van der Waals surface area contributed by atoms with Crippen molar-refractivity contribution < 1.29 is 17.9 Å². The van der Waals surface area contributed by atoms with E-state index < -0.39 is 10.0 Å². The number of sulfonamides is 1. The first-order valence-corrected chi connectivity index (χ1v) is 10.7. The zero-order valence-electron chi connectivity index (χ0n) is 14.3. The van der Waals surface area contributed by atoms with E-state index in [1.54, 1.807) is 5.38 Å². The summed E-state index contributed by atoms with van der Waals surface area (Å²) >= 11 is 1.17. The fourth-order valence-corrected chi connectivity index (χ4v) is 5.34. The highest BCUT2D eigenvalue weighted by atomic mass is 32.2. The number of thiophene rings is 1. The second-order valence-corrected chi connectivity index (χ2v) is 9.13. The molecular formula is C16H26N2O4S2. The van der Waals surface area contributed by atoms with Crippen molar-refractivity contribution in [2.75, 3.05) is 32.8 Å². The molecule has 1 saturated heterocycles. The summed E-state index contributed by atoms with van der Waals surface area (Å²) in [6.07, 6.45) is 2.46. The number of nitrogens with zero attached hydrogens (tertiary/aromatic N) is 1. The molecule has 0 unspecified atom stereocenters. The Hall–Kier alpha value is -0.960. The number of ether oxygens (including phenoxy) is 1. The number of nitrogens with one attached hydrogen (secondary N) is 1. The maximum atomic E-state index is 12.6. The van der Waals surface area contributed by atoms with Crippen LogP contribution >= 0.6 is 11.3 Å². The van der Waals surface area contributed by atoms with Crippen LogP contribution in [-0.2, 0) is 14.8 Å². The molecule has 136 valence electrons. The topological polar surface area (TPSA) is 75.7 Å². The summed E-state index contributed by atoms with van der Waals surface area (Å²) < 4.78 is 32.2. The maximum Gasteiger partial charge on any atom is 0.262 e. The average Bonchev–Trinajstić information content (AvgIpc) is 3.21. The number of hydrogen-bond donors (Lipinski definition) is 1. The van der Waals surface area contributed by atoms with Crippen LogP contribution in [-0.4, -0.2) is 51.5 Å². The van der Waals surface area contributed by atoms with Gasteiger partial charge in [0.2, 0.25) is 10.0 Å². The summed E-state index contributed by atoms with van der Waals surface area (Å²) in [7, 11) is -3.56. The quantitative estimate of drug-likeness (QED) is 0.673. The zero-order chi connectivity index (χ0) is 17.6. The van der Waals surface area contributed by atoms with Gasteiger partial charge in [0.15, 0.2) is 0 Å². The van der Waals surface area contributed by atoms with E-state index in [0.717, 1.165) is 12.8 Å². The summed E-state index contributed by atoms with van der Waals surface area (Å²) in [6.45, 7) is 7.00. The van der Waals surface area contributed by atoms with Crippen LogP contribution in [0.15, 0.2) is 16.3 Å². The van der Waals surface area contributed by atoms with Crippen LogP contribution in [0.2, 0.25) is 0 Å². The maximum absolute atomic E-state index is 12.6. The van der Waals surface area contributed by atoms with Gasteiger partial charge in [-0.1, -0.05) is 13.8 Å². The molecule has 0 aromatic carbocycles. The van der Waals surface area contributed by atoms with Gasteiger partial charge in [0, 0.05) is 32.8 Å². The van der Waals surface area contributed by atoms with Gasteiger partial charge in [-0.3, -0.25) is 4.79 Å². The molecule has 0 aliphatic carbocycles. The summed E-state index contributed by atoms with van der Waals surface area (Å²) in [5.41, 5.74) is 0. The van der Waals surface area contributed by atoms with Gasteiger partial charge in [0.05, 0.1) is 0 Å². The molecule has 0 radical (unpaired) electrons. The Labute approximate surface area is 148 Å². The van der Waals surface area contributed by atoms with Crippen LogP contribution in [0.25, 0.3) is 0 Å². The molecule has 1 aromatic heterocycles. The van der Waals surface area contributed by atoms with Crippen LogP contribution in [0.4, 0.5) is 0 Å². The highest BCUT2D eigenvalue weighted by molar-refractivity contribution is 7.89. The van der Waals surface area contributed by atoms with Crippen molar-refractivity contribution in [1.29, 1.82) is 0 Å². The van der Waals surface area contributed by atoms with E-state index >= 15 is 0 Å². The van der Waals surface area contributed by atoms with Crippen molar-refractivity contribution in [3.8, 4) is 0 Å². The Kier molecular flexibility index (Phi) is 7.21. The molecule has 2 heterocycles. The van der Waals surface area contributed by atoms with E-state index in [1.807, 2.05) is 0 Å². The summed E-state index contributed by atoms with van der Waals surface area (Å²) in [5, 5.41) is 4.44. The van der Waals surface area contributed by atoms with Crippen molar-refractivity contribution in [2.45, 2.75) is 38.0 Å². The smallest absolute Gasteiger partial charge is 0.262 e. The lowest BCUT2D eigenvalue weighted by Crippen LogP contribution is -2.31. The van der Waals surface area contributed by atoms with Crippen molar-refractivity contribution in [3.05, 3.63) is 16.3 Å². The molecule has 2 rings (SSSR count). The average molecular weight is 375 g/mol. The van der Waals surface area contributed by atoms with E-state index in [4.69, 9.17) is 4.74 Å². The largest absolute Gasteiger partial charge is 0.381 e.